The lowest BCUT2D eigenvalue weighted by Gasteiger charge is -2.08. The van der Waals surface area contributed by atoms with Gasteiger partial charge in [0.15, 0.2) is 0 Å². The van der Waals surface area contributed by atoms with Gasteiger partial charge < -0.3 is 10.8 Å². The van der Waals surface area contributed by atoms with E-state index in [-0.39, 0.29) is 22.9 Å². The number of primary amides is 1. The van der Waals surface area contributed by atoms with Gasteiger partial charge in [-0.2, -0.15) is 0 Å². The zero-order valence-electron chi connectivity index (χ0n) is 10.7. The number of carboxylic acids is 1. The second-order valence-corrected chi connectivity index (χ2v) is 6.12. The summed E-state index contributed by atoms with van der Waals surface area (Å²) in [4.78, 5) is 20.8. The van der Waals surface area contributed by atoms with Crippen LogP contribution in [0.2, 0.25) is 5.02 Å². The first-order valence-electron chi connectivity index (χ1n) is 5.71. The third kappa shape index (κ3) is 5.54. The number of nitrogens with two attached hydrogens (primary N) is 1. The highest BCUT2D eigenvalue weighted by atomic mass is 35.5. The van der Waals surface area contributed by atoms with Gasteiger partial charge >= 0.3 is 5.97 Å². The van der Waals surface area contributed by atoms with Crippen LogP contribution >= 0.6 is 11.6 Å². The Kier molecular flexibility index (Phi) is 5.89. The van der Waals surface area contributed by atoms with E-state index in [4.69, 9.17) is 22.4 Å². The van der Waals surface area contributed by atoms with Crippen LogP contribution in [0.25, 0.3) is 6.08 Å². The molecule has 0 spiro atoms. The Morgan fingerprint density at radius 2 is 2.05 bits per heavy atom. The molecule has 0 heterocycles. The maximum absolute atomic E-state index is 12.0. The van der Waals surface area contributed by atoms with E-state index in [1.807, 2.05) is 0 Å². The molecule has 4 N–H and O–H groups in total. The number of carbonyl (C=O) groups is 2. The fourth-order valence-corrected chi connectivity index (χ4v) is 2.98. The van der Waals surface area contributed by atoms with E-state index in [1.54, 1.807) is 0 Å². The molecule has 9 heteroatoms. The van der Waals surface area contributed by atoms with Gasteiger partial charge in [0.2, 0.25) is 15.9 Å². The van der Waals surface area contributed by atoms with E-state index in [0.29, 0.717) is 5.56 Å². The summed E-state index contributed by atoms with van der Waals surface area (Å²) < 4.78 is 26.1. The van der Waals surface area contributed by atoms with Gasteiger partial charge in [0, 0.05) is 19.0 Å². The lowest BCUT2D eigenvalue weighted by Crippen LogP contribution is -2.28. The summed E-state index contributed by atoms with van der Waals surface area (Å²) in [5.74, 6) is -1.76. The number of nitrogens with one attached hydrogen (secondary N) is 1. The summed E-state index contributed by atoms with van der Waals surface area (Å²) in [7, 11) is -3.86. The van der Waals surface area contributed by atoms with Crippen molar-refractivity contribution in [1.82, 2.24) is 4.72 Å². The second kappa shape index (κ2) is 7.21. The fourth-order valence-electron chi connectivity index (χ4n) is 1.39. The predicted molar refractivity (Wildman–Crippen MR) is 77.1 cm³/mol. The largest absolute Gasteiger partial charge is 0.478 e. The third-order valence-corrected chi connectivity index (χ3v) is 4.27. The number of benzene rings is 1. The minimum absolute atomic E-state index is 0.0610. The van der Waals surface area contributed by atoms with Crippen molar-refractivity contribution >= 4 is 39.6 Å². The van der Waals surface area contributed by atoms with Crippen LogP contribution in [0.5, 0.6) is 0 Å². The van der Waals surface area contributed by atoms with Gasteiger partial charge in [-0.1, -0.05) is 17.7 Å². The highest BCUT2D eigenvalue weighted by molar-refractivity contribution is 7.89. The zero-order chi connectivity index (χ0) is 16.0. The average Bonchev–Trinajstić information content (AvgIpc) is 2.35. The standard InChI is InChI=1S/C12H13ClN2O5S/c13-9-7-8(2-4-12(17)18)1-3-10(9)21(19,20)15-6-5-11(14)16/h1-4,7,15H,5-6H2,(H2,14,16)(H,17,18). The number of amides is 1. The molecular formula is C12H13ClN2O5S. The molecule has 21 heavy (non-hydrogen) atoms. The normalized spacial score (nSPS) is 11.7. The molecule has 0 saturated heterocycles. The lowest BCUT2D eigenvalue weighted by molar-refractivity contribution is -0.131. The first-order chi connectivity index (χ1) is 9.72. The van der Waals surface area contributed by atoms with E-state index in [1.165, 1.54) is 24.3 Å². The molecule has 0 saturated carbocycles. The number of hydrogen-bond donors (Lipinski definition) is 3. The van der Waals surface area contributed by atoms with Crippen molar-refractivity contribution in [1.29, 1.82) is 0 Å². The monoisotopic (exact) mass is 332 g/mol. The van der Waals surface area contributed by atoms with Crippen molar-refractivity contribution in [3.63, 3.8) is 0 Å². The topological polar surface area (TPSA) is 127 Å². The van der Waals surface area contributed by atoms with Gasteiger partial charge in [0.1, 0.15) is 4.90 Å². The SMILES string of the molecule is NC(=O)CCNS(=O)(=O)c1ccc(C=CC(=O)O)cc1Cl. The summed E-state index contributed by atoms with van der Waals surface area (Å²) in [5.41, 5.74) is 5.36. The number of hydrogen-bond acceptors (Lipinski definition) is 4. The predicted octanol–water partition coefficient (Wildman–Crippen LogP) is 0.592. The molecule has 0 aliphatic carbocycles. The molecule has 114 valence electrons. The van der Waals surface area contributed by atoms with Gasteiger partial charge in [-0.3, -0.25) is 4.79 Å². The molecule has 0 aromatic heterocycles. The van der Waals surface area contributed by atoms with Gasteiger partial charge in [-0.05, 0) is 23.8 Å². The molecule has 1 aromatic rings. The van der Waals surface area contributed by atoms with E-state index >= 15 is 0 Å². The average molecular weight is 333 g/mol. The van der Waals surface area contributed by atoms with Crippen LogP contribution in [0.1, 0.15) is 12.0 Å². The first kappa shape index (κ1) is 17.2. The summed E-state index contributed by atoms with van der Waals surface area (Å²) >= 11 is 5.88. The molecule has 1 aromatic carbocycles. The molecular weight excluding hydrogens is 320 g/mol. The maximum Gasteiger partial charge on any atom is 0.328 e. The summed E-state index contributed by atoms with van der Waals surface area (Å²) in [6, 6.07) is 3.98. The number of rotatable bonds is 7. The Morgan fingerprint density at radius 1 is 1.38 bits per heavy atom. The quantitative estimate of drug-likeness (QED) is 0.630. The molecule has 0 radical (unpaired) electrons. The van der Waals surface area contributed by atoms with Gasteiger partial charge in [-0.15, -0.1) is 0 Å². The van der Waals surface area contributed by atoms with Gasteiger partial charge in [0.25, 0.3) is 0 Å². The Balaban J connectivity index is 2.93. The highest BCUT2D eigenvalue weighted by Gasteiger charge is 2.17. The number of aliphatic carboxylic acids is 1. The maximum atomic E-state index is 12.0. The van der Waals surface area contributed by atoms with E-state index in [2.05, 4.69) is 4.72 Å². The molecule has 0 atom stereocenters. The van der Waals surface area contributed by atoms with E-state index < -0.39 is 21.9 Å². The minimum atomic E-state index is -3.86. The second-order valence-electron chi connectivity index (χ2n) is 3.98. The van der Waals surface area contributed by atoms with Crippen LogP contribution in [0.4, 0.5) is 0 Å². The Labute approximate surface area is 126 Å². The molecule has 0 aliphatic heterocycles. The van der Waals surface area contributed by atoms with Gasteiger partial charge in [0.05, 0.1) is 5.02 Å². The summed E-state index contributed by atoms with van der Waals surface area (Å²) in [6.45, 7) is -0.130. The molecule has 0 aliphatic rings. The van der Waals surface area contributed by atoms with E-state index in [0.717, 1.165) is 6.08 Å². The minimum Gasteiger partial charge on any atom is -0.478 e. The number of carboxylic acid groups (broad SMARTS) is 1. The molecule has 1 rings (SSSR count). The third-order valence-electron chi connectivity index (χ3n) is 2.33. The van der Waals surface area contributed by atoms with Crippen molar-refractivity contribution in [2.75, 3.05) is 6.54 Å². The summed E-state index contributed by atoms with van der Waals surface area (Å²) in [6.07, 6.45) is 2.06. The van der Waals surface area contributed by atoms with Gasteiger partial charge in [-0.25, -0.2) is 17.9 Å². The number of halogens is 1. The van der Waals surface area contributed by atoms with Crippen molar-refractivity contribution in [3.8, 4) is 0 Å². The Bertz CT molecular complexity index is 685. The van der Waals surface area contributed by atoms with Crippen LogP contribution in [0.3, 0.4) is 0 Å². The fraction of sp³-hybridized carbons (Fsp3) is 0.167. The van der Waals surface area contributed by atoms with Crippen LogP contribution in [-0.2, 0) is 19.6 Å². The lowest BCUT2D eigenvalue weighted by atomic mass is 10.2. The number of carbonyl (C=O) groups excluding carboxylic acids is 1. The van der Waals surface area contributed by atoms with E-state index in [9.17, 15) is 18.0 Å². The summed E-state index contributed by atoms with van der Waals surface area (Å²) in [5, 5.41) is 8.45. The molecule has 0 bridgehead atoms. The molecule has 7 nitrogen and oxygen atoms in total. The van der Waals surface area contributed by atoms with Crippen LogP contribution in [0.15, 0.2) is 29.2 Å². The zero-order valence-corrected chi connectivity index (χ0v) is 12.3. The van der Waals surface area contributed by atoms with Crippen molar-refractivity contribution < 1.29 is 23.1 Å². The van der Waals surface area contributed by atoms with Crippen molar-refractivity contribution in [2.24, 2.45) is 5.73 Å². The number of sulfonamides is 1. The molecule has 1 amide bonds. The smallest absolute Gasteiger partial charge is 0.328 e. The first-order valence-corrected chi connectivity index (χ1v) is 7.57. The van der Waals surface area contributed by atoms with Crippen LogP contribution in [-0.4, -0.2) is 31.9 Å². The van der Waals surface area contributed by atoms with Crippen molar-refractivity contribution in [3.05, 3.63) is 34.9 Å². The van der Waals surface area contributed by atoms with Crippen molar-refractivity contribution in [2.45, 2.75) is 11.3 Å². The van der Waals surface area contributed by atoms with Crippen LogP contribution in [0, 0.1) is 0 Å². The molecule has 0 unspecified atom stereocenters. The highest BCUT2D eigenvalue weighted by Crippen LogP contribution is 2.23. The van der Waals surface area contributed by atoms with Crippen LogP contribution < -0.4 is 10.5 Å². The molecule has 0 fully saturated rings. The Morgan fingerprint density at radius 3 is 2.57 bits per heavy atom. The Hall–Kier alpha value is -1.90.